The van der Waals surface area contributed by atoms with Gasteiger partial charge in [0.2, 0.25) is 5.13 Å². The van der Waals surface area contributed by atoms with Gasteiger partial charge in [0.1, 0.15) is 27.2 Å². The molecule has 0 saturated carbocycles. The van der Waals surface area contributed by atoms with Crippen LogP contribution in [0.2, 0.25) is 0 Å². The lowest BCUT2D eigenvalue weighted by atomic mass is 10.0. The molecule has 9 nitrogen and oxygen atoms in total. The minimum absolute atomic E-state index is 0.0153. The zero-order chi connectivity index (χ0) is 28.5. The van der Waals surface area contributed by atoms with E-state index in [4.69, 9.17) is 20.6 Å². The maximum Gasteiger partial charge on any atom is 0.469 e. The number of fused-ring (bicyclic) bond motifs is 1. The van der Waals surface area contributed by atoms with Gasteiger partial charge < -0.3 is 15.5 Å². The third-order valence-corrected chi connectivity index (χ3v) is 9.68. The van der Waals surface area contributed by atoms with Crippen molar-refractivity contribution in [2.45, 2.75) is 30.4 Å². The first kappa shape index (κ1) is 29.2. The highest BCUT2D eigenvalue weighted by molar-refractivity contribution is 8.15. The van der Waals surface area contributed by atoms with Crippen molar-refractivity contribution in [3.63, 3.8) is 0 Å². The van der Waals surface area contributed by atoms with Crippen molar-refractivity contribution in [1.82, 2.24) is 9.88 Å². The highest BCUT2D eigenvalue weighted by Crippen LogP contribution is 2.53. The van der Waals surface area contributed by atoms with Crippen LogP contribution in [-0.4, -0.2) is 51.0 Å². The Balaban J connectivity index is 1.54. The molecule has 5 rings (SSSR count). The Morgan fingerprint density at radius 2 is 1.98 bits per heavy atom. The van der Waals surface area contributed by atoms with E-state index in [1.165, 1.54) is 28.0 Å². The number of aromatic nitrogens is 1. The summed E-state index contributed by atoms with van der Waals surface area (Å²) in [7, 11) is -4.67. The van der Waals surface area contributed by atoms with Crippen molar-refractivity contribution in [2.24, 2.45) is 10.8 Å². The Morgan fingerprint density at radius 1 is 1.20 bits per heavy atom. The topological polar surface area (TPSA) is 125 Å². The van der Waals surface area contributed by atoms with Crippen LogP contribution >= 0.6 is 30.9 Å². The monoisotopic (exact) mass is 613 g/mol. The highest BCUT2D eigenvalue weighted by atomic mass is 32.2. The molecule has 0 fully saturated rings. The average Bonchev–Trinajstić information content (AvgIpc) is 3.53. The summed E-state index contributed by atoms with van der Waals surface area (Å²) in [6.45, 7) is 0.306. The van der Waals surface area contributed by atoms with Gasteiger partial charge in [-0.3, -0.25) is 9.42 Å². The van der Waals surface area contributed by atoms with Gasteiger partial charge >= 0.3 is 7.82 Å². The van der Waals surface area contributed by atoms with Gasteiger partial charge in [-0.15, -0.1) is 0 Å². The van der Waals surface area contributed by atoms with Crippen LogP contribution in [0.15, 0.2) is 53.6 Å². The van der Waals surface area contributed by atoms with Crippen LogP contribution in [0, 0.1) is 11.6 Å². The standard InChI is InChI=1S/C25H27F3N5O4PS2/c26-17-7-8-19(27)18(15-17)23-31-33(25(40-23,10-4-11-29)16-5-2-1-3-6-16)24-30-21-20(39-24)9-12-32(22(21)28)13-14-37-38(34,35)36/h1-3,5-8,15,22H,4,9-14,29H2,(H2,34,35,36). The maximum absolute atomic E-state index is 15.6. The molecule has 4 N–H and O–H groups in total. The van der Waals surface area contributed by atoms with Gasteiger partial charge in [-0.25, -0.2) is 27.7 Å². The summed E-state index contributed by atoms with van der Waals surface area (Å²) in [4.78, 5) is 23.7. The fraction of sp³-hybridized carbons (Fsp3) is 0.360. The average molecular weight is 614 g/mol. The number of hydrogen-bond donors (Lipinski definition) is 3. The number of hydrogen-bond acceptors (Lipinski definition) is 9. The lowest BCUT2D eigenvalue weighted by Crippen LogP contribution is -2.38. The third-order valence-electron chi connectivity index (χ3n) is 6.61. The number of thioether (sulfide) groups is 1. The van der Waals surface area contributed by atoms with Crippen LogP contribution in [-0.2, 0) is 20.4 Å². The fourth-order valence-electron chi connectivity index (χ4n) is 4.73. The van der Waals surface area contributed by atoms with E-state index in [-0.39, 0.29) is 29.5 Å². The quantitative estimate of drug-likeness (QED) is 0.217. The number of thiazole rings is 1. The summed E-state index contributed by atoms with van der Waals surface area (Å²) in [5, 5.41) is 7.07. The Bertz CT molecular complexity index is 1440. The molecule has 0 amide bonds. The molecule has 2 aliphatic rings. The minimum atomic E-state index is -4.67. The van der Waals surface area contributed by atoms with Crippen LogP contribution < -0.4 is 10.7 Å². The number of hydrazone groups is 1. The van der Waals surface area contributed by atoms with Crippen LogP contribution in [0.4, 0.5) is 18.3 Å². The van der Waals surface area contributed by atoms with E-state index in [2.05, 4.69) is 9.51 Å². The molecule has 3 aromatic rings. The van der Waals surface area contributed by atoms with Crippen molar-refractivity contribution >= 4 is 41.1 Å². The smallest absolute Gasteiger partial charge is 0.330 e. The molecule has 15 heteroatoms. The van der Waals surface area contributed by atoms with Crippen LogP contribution in [0.5, 0.6) is 0 Å². The van der Waals surface area contributed by atoms with Gasteiger partial charge in [-0.05, 0) is 49.6 Å². The van der Waals surface area contributed by atoms with Gasteiger partial charge in [0, 0.05) is 23.5 Å². The maximum atomic E-state index is 15.6. The molecule has 0 radical (unpaired) electrons. The van der Waals surface area contributed by atoms with Crippen LogP contribution in [0.25, 0.3) is 0 Å². The molecule has 3 heterocycles. The van der Waals surface area contributed by atoms with Gasteiger partial charge in [-0.1, -0.05) is 53.4 Å². The first-order valence-electron chi connectivity index (χ1n) is 12.5. The molecule has 0 saturated heterocycles. The summed E-state index contributed by atoms with van der Waals surface area (Å²) in [6.07, 6.45) is -0.0712. The molecule has 2 aromatic carbocycles. The number of phosphoric acid groups is 1. The third kappa shape index (κ3) is 6.00. The second-order valence-electron chi connectivity index (χ2n) is 9.24. The molecular formula is C25H27F3N5O4PS2. The van der Waals surface area contributed by atoms with Crippen molar-refractivity contribution in [2.75, 3.05) is 31.3 Å². The van der Waals surface area contributed by atoms with Crippen molar-refractivity contribution in [3.05, 3.63) is 81.9 Å². The molecule has 0 bridgehead atoms. The summed E-state index contributed by atoms with van der Waals surface area (Å²) in [5.41, 5.74) is 6.95. The number of benzene rings is 2. The number of alkyl halides is 1. The molecule has 214 valence electrons. The number of anilines is 1. The lowest BCUT2D eigenvalue weighted by Gasteiger charge is -2.35. The normalized spacial score (nSPS) is 21.5. The van der Waals surface area contributed by atoms with Crippen molar-refractivity contribution in [3.8, 4) is 0 Å². The second kappa shape index (κ2) is 11.9. The Hall–Kier alpha value is -2.29. The molecule has 2 atom stereocenters. The van der Waals surface area contributed by atoms with E-state index in [1.807, 2.05) is 30.3 Å². The number of nitrogens with two attached hydrogens (primary N) is 1. The predicted molar refractivity (Wildman–Crippen MR) is 149 cm³/mol. The van der Waals surface area contributed by atoms with Crippen LogP contribution in [0.1, 0.15) is 40.8 Å². The Morgan fingerprint density at radius 3 is 2.70 bits per heavy atom. The molecule has 2 aliphatic heterocycles. The zero-order valence-corrected chi connectivity index (χ0v) is 23.6. The Kier molecular flexibility index (Phi) is 8.69. The lowest BCUT2D eigenvalue weighted by molar-refractivity contribution is 0.0509. The summed E-state index contributed by atoms with van der Waals surface area (Å²) < 4.78 is 60.1. The zero-order valence-electron chi connectivity index (χ0n) is 21.1. The highest BCUT2D eigenvalue weighted by Gasteiger charge is 2.48. The van der Waals surface area contributed by atoms with Gasteiger partial charge in [0.15, 0.2) is 6.30 Å². The number of phosphoric ester groups is 1. The summed E-state index contributed by atoms with van der Waals surface area (Å²) in [5.74, 6) is -1.22. The molecule has 1 aromatic heterocycles. The van der Waals surface area contributed by atoms with E-state index in [0.29, 0.717) is 42.4 Å². The van der Waals surface area contributed by atoms with E-state index < -0.39 is 30.6 Å². The van der Waals surface area contributed by atoms with Gasteiger partial charge in [-0.2, -0.15) is 5.10 Å². The molecule has 0 spiro atoms. The molecular weight excluding hydrogens is 586 g/mol. The first-order chi connectivity index (χ1) is 19.1. The number of rotatable bonds is 10. The number of nitrogens with zero attached hydrogens (tertiary/aromatic N) is 4. The molecule has 40 heavy (non-hydrogen) atoms. The largest absolute Gasteiger partial charge is 0.469 e. The SMILES string of the molecule is NCCCC1(c2ccccc2)SC(c2cc(F)ccc2F)=NN1c1nc2c(s1)CCN(CCOP(=O)(O)O)C2F. The molecule has 2 unspecified atom stereocenters. The van der Waals surface area contributed by atoms with E-state index in [1.54, 1.807) is 5.01 Å². The number of halogens is 3. The predicted octanol–water partition coefficient (Wildman–Crippen LogP) is 4.86. The van der Waals surface area contributed by atoms with E-state index in [0.717, 1.165) is 23.8 Å². The van der Waals surface area contributed by atoms with Crippen LogP contribution in [0.3, 0.4) is 0 Å². The van der Waals surface area contributed by atoms with E-state index >= 15 is 4.39 Å². The van der Waals surface area contributed by atoms with Crippen molar-refractivity contribution in [1.29, 1.82) is 0 Å². The Labute approximate surface area is 237 Å². The second-order valence-corrected chi connectivity index (χ2v) is 12.8. The summed E-state index contributed by atoms with van der Waals surface area (Å²) in [6, 6.07) is 12.7. The fourth-order valence-corrected chi connectivity index (χ4v) is 7.61. The summed E-state index contributed by atoms with van der Waals surface area (Å²) >= 11 is 2.55. The van der Waals surface area contributed by atoms with Crippen molar-refractivity contribution < 1.29 is 32.0 Å². The first-order valence-corrected chi connectivity index (χ1v) is 15.6. The van der Waals surface area contributed by atoms with Gasteiger partial charge in [0.05, 0.1) is 6.61 Å². The minimum Gasteiger partial charge on any atom is -0.330 e. The molecule has 0 aliphatic carbocycles. The van der Waals surface area contributed by atoms with E-state index in [9.17, 15) is 13.3 Å². The van der Waals surface area contributed by atoms with Gasteiger partial charge in [0.25, 0.3) is 0 Å².